The second-order valence-electron chi connectivity index (χ2n) is 5.46. The highest BCUT2D eigenvalue weighted by Gasteiger charge is 2.18. The highest BCUT2D eigenvalue weighted by molar-refractivity contribution is 5.82. The van der Waals surface area contributed by atoms with Gasteiger partial charge in [-0.05, 0) is 31.5 Å². The summed E-state index contributed by atoms with van der Waals surface area (Å²) >= 11 is 0. The molecular weight excluding hydrogens is 234 g/mol. The first kappa shape index (κ1) is 12.6. The van der Waals surface area contributed by atoms with Gasteiger partial charge in [0.05, 0.1) is 5.52 Å². The molecule has 2 heterocycles. The van der Waals surface area contributed by atoms with E-state index in [2.05, 4.69) is 59.4 Å². The zero-order valence-electron chi connectivity index (χ0n) is 11.7. The zero-order valence-corrected chi connectivity index (χ0v) is 11.7. The van der Waals surface area contributed by atoms with Gasteiger partial charge in [0.2, 0.25) is 0 Å². The van der Waals surface area contributed by atoms with E-state index in [4.69, 9.17) is 0 Å². The fourth-order valence-electron chi connectivity index (χ4n) is 2.86. The standard InChI is InChI=1S/C16H21N3/c1-12-9-14(11-19-8-7-17-10-13(19)2)15-5-3-4-6-16(15)18-12/h3-6,9,13,17H,7-8,10-11H2,1-2H3/t13-/m0/s1. The summed E-state index contributed by atoms with van der Waals surface area (Å²) < 4.78 is 0. The highest BCUT2D eigenvalue weighted by Crippen LogP contribution is 2.21. The van der Waals surface area contributed by atoms with Crippen LogP contribution < -0.4 is 5.32 Å². The van der Waals surface area contributed by atoms with E-state index in [1.54, 1.807) is 0 Å². The summed E-state index contributed by atoms with van der Waals surface area (Å²) in [6.45, 7) is 8.69. The average molecular weight is 255 g/mol. The number of para-hydroxylation sites is 1. The summed E-state index contributed by atoms with van der Waals surface area (Å²) in [6, 6.07) is 11.3. The third-order valence-corrected chi connectivity index (χ3v) is 3.94. The first-order valence-electron chi connectivity index (χ1n) is 7.04. The SMILES string of the molecule is Cc1cc(CN2CCNC[C@@H]2C)c2ccccc2n1. The number of benzene rings is 1. The zero-order chi connectivity index (χ0) is 13.2. The fourth-order valence-corrected chi connectivity index (χ4v) is 2.86. The molecule has 0 spiro atoms. The normalized spacial score (nSPS) is 20.8. The van der Waals surface area contributed by atoms with Crippen molar-refractivity contribution in [2.45, 2.75) is 26.4 Å². The van der Waals surface area contributed by atoms with Crippen LogP contribution in [-0.4, -0.2) is 35.6 Å². The first-order valence-corrected chi connectivity index (χ1v) is 7.04. The summed E-state index contributed by atoms with van der Waals surface area (Å²) in [4.78, 5) is 7.17. The van der Waals surface area contributed by atoms with Crippen LogP contribution in [0.25, 0.3) is 10.9 Å². The number of aryl methyl sites for hydroxylation is 1. The minimum atomic E-state index is 0.598. The number of nitrogens with zero attached hydrogens (tertiary/aromatic N) is 2. The van der Waals surface area contributed by atoms with Gasteiger partial charge in [-0.15, -0.1) is 0 Å². The minimum Gasteiger partial charge on any atom is -0.314 e. The number of aromatic nitrogens is 1. The van der Waals surface area contributed by atoms with Crippen molar-refractivity contribution < 1.29 is 0 Å². The monoisotopic (exact) mass is 255 g/mol. The maximum Gasteiger partial charge on any atom is 0.0708 e. The van der Waals surface area contributed by atoms with Gasteiger partial charge in [0.15, 0.2) is 0 Å². The Morgan fingerprint density at radius 1 is 1.37 bits per heavy atom. The number of rotatable bonds is 2. The van der Waals surface area contributed by atoms with Crippen molar-refractivity contribution in [2.75, 3.05) is 19.6 Å². The molecule has 1 aromatic heterocycles. The van der Waals surface area contributed by atoms with Crippen LogP contribution in [0.4, 0.5) is 0 Å². The molecule has 1 N–H and O–H groups in total. The van der Waals surface area contributed by atoms with Crippen molar-refractivity contribution in [3.05, 3.63) is 41.6 Å². The van der Waals surface area contributed by atoms with Crippen LogP contribution in [0.2, 0.25) is 0 Å². The lowest BCUT2D eigenvalue weighted by Crippen LogP contribution is -2.49. The molecule has 0 bridgehead atoms. The molecule has 3 nitrogen and oxygen atoms in total. The quantitative estimate of drug-likeness (QED) is 0.892. The van der Waals surface area contributed by atoms with Gasteiger partial charge in [-0.2, -0.15) is 0 Å². The van der Waals surface area contributed by atoms with Crippen molar-refractivity contribution in [1.29, 1.82) is 0 Å². The number of nitrogens with one attached hydrogen (secondary N) is 1. The number of hydrogen-bond acceptors (Lipinski definition) is 3. The fraction of sp³-hybridized carbons (Fsp3) is 0.438. The molecule has 19 heavy (non-hydrogen) atoms. The number of hydrogen-bond donors (Lipinski definition) is 1. The molecule has 1 aliphatic heterocycles. The van der Waals surface area contributed by atoms with Crippen molar-refractivity contribution >= 4 is 10.9 Å². The predicted octanol–water partition coefficient (Wildman–Crippen LogP) is 2.34. The van der Waals surface area contributed by atoms with Gasteiger partial charge >= 0.3 is 0 Å². The Hall–Kier alpha value is -1.45. The maximum absolute atomic E-state index is 4.62. The molecule has 1 fully saturated rings. The number of piperazine rings is 1. The summed E-state index contributed by atoms with van der Waals surface area (Å²) in [6.07, 6.45) is 0. The van der Waals surface area contributed by atoms with Gasteiger partial charge in [-0.25, -0.2) is 0 Å². The molecule has 100 valence electrons. The van der Waals surface area contributed by atoms with Gasteiger partial charge in [0, 0.05) is 43.3 Å². The van der Waals surface area contributed by atoms with E-state index in [0.29, 0.717) is 6.04 Å². The molecule has 3 heteroatoms. The van der Waals surface area contributed by atoms with Crippen LogP contribution in [0.3, 0.4) is 0 Å². The average Bonchev–Trinajstić information content (AvgIpc) is 2.41. The second kappa shape index (κ2) is 5.27. The molecular formula is C16H21N3. The van der Waals surface area contributed by atoms with Crippen molar-refractivity contribution in [3.8, 4) is 0 Å². The lowest BCUT2D eigenvalue weighted by molar-refractivity contribution is 0.166. The Morgan fingerprint density at radius 3 is 3.05 bits per heavy atom. The maximum atomic E-state index is 4.62. The smallest absolute Gasteiger partial charge is 0.0708 e. The van der Waals surface area contributed by atoms with E-state index in [0.717, 1.165) is 37.4 Å². The van der Waals surface area contributed by atoms with Crippen molar-refractivity contribution in [3.63, 3.8) is 0 Å². The van der Waals surface area contributed by atoms with E-state index >= 15 is 0 Å². The topological polar surface area (TPSA) is 28.2 Å². The molecule has 1 saturated heterocycles. The van der Waals surface area contributed by atoms with Crippen molar-refractivity contribution in [1.82, 2.24) is 15.2 Å². The number of fused-ring (bicyclic) bond motifs is 1. The van der Waals surface area contributed by atoms with E-state index in [1.165, 1.54) is 10.9 Å². The Balaban J connectivity index is 1.95. The molecule has 0 unspecified atom stereocenters. The van der Waals surface area contributed by atoms with Gasteiger partial charge < -0.3 is 5.32 Å². The van der Waals surface area contributed by atoms with E-state index in [1.807, 2.05) is 0 Å². The lowest BCUT2D eigenvalue weighted by atomic mass is 10.1. The molecule has 3 rings (SSSR count). The van der Waals surface area contributed by atoms with E-state index in [-0.39, 0.29) is 0 Å². The summed E-state index contributed by atoms with van der Waals surface area (Å²) in [7, 11) is 0. The van der Waals surface area contributed by atoms with Crippen LogP contribution in [0.1, 0.15) is 18.2 Å². The van der Waals surface area contributed by atoms with Crippen LogP contribution in [-0.2, 0) is 6.54 Å². The molecule has 0 radical (unpaired) electrons. The third kappa shape index (κ3) is 2.62. The predicted molar refractivity (Wildman–Crippen MR) is 79.2 cm³/mol. The van der Waals surface area contributed by atoms with Gasteiger partial charge in [0.1, 0.15) is 0 Å². The van der Waals surface area contributed by atoms with E-state index < -0.39 is 0 Å². The third-order valence-electron chi connectivity index (χ3n) is 3.94. The number of pyridine rings is 1. The second-order valence-corrected chi connectivity index (χ2v) is 5.46. The molecule has 0 aliphatic carbocycles. The Labute approximate surface area is 114 Å². The largest absolute Gasteiger partial charge is 0.314 e. The highest BCUT2D eigenvalue weighted by atomic mass is 15.2. The molecule has 0 saturated carbocycles. The van der Waals surface area contributed by atoms with Gasteiger partial charge in [-0.1, -0.05) is 18.2 Å². The molecule has 1 aromatic carbocycles. The van der Waals surface area contributed by atoms with E-state index in [9.17, 15) is 0 Å². The Bertz CT molecular complexity index is 579. The van der Waals surface area contributed by atoms with Gasteiger partial charge in [-0.3, -0.25) is 9.88 Å². The van der Waals surface area contributed by atoms with Crippen LogP contribution >= 0.6 is 0 Å². The summed E-state index contributed by atoms with van der Waals surface area (Å²) in [5.41, 5.74) is 3.62. The Morgan fingerprint density at radius 2 is 2.21 bits per heavy atom. The molecule has 0 amide bonds. The molecule has 1 atom stereocenters. The summed E-state index contributed by atoms with van der Waals surface area (Å²) in [5, 5.41) is 4.74. The van der Waals surface area contributed by atoms with Gasteiger partial charge in [0.25, 0.3) is 0 Å². The summed E-state index contributed by atoms with van der Waals surface area (Å²) in [5.74, 6) is 0. The first-order chi connectivity index (χ1) is 9.24. The minimum absolute atomic E-state index is 0.598. The molecule has 2 aromatic rings. The Kier molecular flexibility index (Phi) is 3.49. The van der Waals surface area contributed by atoms with Crippen molar-refractivity contribution in [2.24, 2.45) is 0 Å². The molecule has 1 aliphatic rings. The van der Waals surface area contributed by atoms with Crippen LogP contribution in [0, 0.1) is 6.92 Å². The van der Waals surface area contributed by atoms with Crippen LogP contribution in [0.15, 0.2) is 30.3 Å². The van der Waals surface area contributed by atoms with Crippen LogP contribution in [0.5, 0.6) is 0 Å². The lowest BCUT2D eigenvalue weighted by Gasteiger charge is -2.34.